The molecule has 2 radical (unpaired) electrons. The Morgan fingerprint density at radius 3 is 2.73 bits per heavy atom. The van der Waals surface area contributed by atoms with Crippen LogP contribution in [0.4, 0.5) is 0 Å². The van der Waals surface area contributed by atoms with Gasteiger partial charge in [0.2, 0.25) is 0 Å². The van der Waals surface area contributed by atoms with Crippen molar-refractivity contribution in [3.8, 4) is 0 Å². The van der Waals surface area contributed by atoms with Gasteiger partial charge in [-0.05, 0) is 32.6 Å². The lowest BCUT2D eigenvalue weighted by atomic mass is 9.82. The average Bonchev–Trinajstić information content (AvgIpc) is 2.85. The Bertz CT molecular complexity index is 509. The molecule has 7 nitrogen and oxygen atoms in total. The number of rotatable bonds is 12. The average molecular weight is 405 g/mol. The number of methoxy groups -OCH3 is 1. The van der Waals surface area contributed by atoms with Crippen LogP contribution in [0.15, 0.2) is 12.2 Å². The lowest BCUT2D eigenvalue weighted by Gasteiger charge is -2.24. The molecule has 1 fully saturated rings. The maximum absolute atomic E-state index is 11.8. The van der Waals surface area contributed by atoms with E-state index in [4.69, 9.17) is 34.1 Å². The monoisotopic (exact) mass is 405 g/mol. The normalized spacial score (nSPS) is 28.3. The van der Waals surface area contributed by atoms with Gasteiger partial charge in [-0.25, -0.2) is 4.57 Å². The van der Waals surface area contributed by atoms with Crippen LogP contribution in [0.3, 0.4) is 0 Å². The summed E-state index contributed by atoms with van der Waals surface area (Å²) in [4.78, 5) is 10.5. The van der Waals surface area contributed by atoms with E-state index in [2.05, 4.69) is 15.9 Å². The zero-order valence-corrected chi connectivity index (χ0v) is 17.3. The van der Waals surface area contributed by atoms with Crippen molar-refractivity contribution in [1.29, 1.82) is 0 Å². The summed E-state index contributed by atoms with van der Waals surface area (Å²) in [7, 11) is 4.53. The Morgan fingerprint density at radius 2 is 2.12 bits per heavy atom. The van der Waals surface area contributed by atoms with Crippen molar-refractivity contribution in [1.82, 2.24) is 5.32 Å². The van der Waals surface area contributed by atoms with Gasteiger partial charge in [0.15, 0.2) is 0 Å². The van der Waals surface area contributed by atoms with E-state index < -0.39 is 26.0 Å². The first-order valence-electron chi connectivity index (χ1n) is 8.67. The molecule has 1 rings (SSSR count). The topological polar surface area (TPSA) is 86.3 Å². The van der Waals surface area contributed by atoms with Crippen LogP contribution in [0, 0.1) is 5.92 Å². The predicted molar refractivity (Wildman–Crippen MR) is 105 cm³/mol. The minimum absolute atomic E-state index is 0.217. The van der Waals surface area contributed by atoms with Crippen molar-refractivity contribution in [2.45, 2.75) is 50.8 Å². The van der Waals surface area contributed by atoms with E-state index in [1.54, 1.807) is 0 Å². The van der Waals surface area contributed by atoms with Crippen LogP contribution in [0.5, 0.6) is 0 Å². The van der Waals surface area contributed by atoms with Crippen LogP contribution in [-0.4, -0.2) is 63.3 Å². The number of nitrogens with one attached hydrogen (secondary N) is 1. The Kier molecular flexibility index (Phi) is 11.2. The van der Waals surface area contributed by atoms with E-state index in [0.717, 1.165) is 37.9 Å². The van der Waals surface area contributed by atoms with Crippen molar-refractivity contribution in [3.63, 3.8) is 0 Å². The number of thiocarbonyl (C=S) groups is 1. The van der Waals surface area contributed by atoms with Crippen LogP contribution >= 0.6 is 20.0 Å². The Morgan fingerprint density at radius 1 is 1.38 bits per heavy atom. The highest BCUT2D eigenvalue weighted by Crippen LogP contribution is 2.48. The quantitative estimate of drug-likeness (QED) is 0.168. The smallest absolute Gasteiger partial charge is 0.382 e. The highest BCUT2D eigenvalue weighted by molar-refractivity contribution is 7.80. The van der Waals surface area contributed by atoms with Crippen molar-refractivity contribution in [2.24, 2.45) is 5.92 Å². The Balaban J connectivity index is 2.51. The summed E-state index contributed by atoms with van der Waals surface area (Å²) in [5, 5.41) is 3.12. The first kappa shape index (κ1) is 23.8. The minimum Gasteiger partial charge on any atom is -0.382 e. The molecule has 148 valence electrons. The first-order valence-corrected chi connectivity index (χ1v) is 10.6. The van der Waals surface area contributed by atoms with Crippen LogP contribution < -0.4 is 5.32 Å². The number of hydrogen-bond donors (Lipinski definition) is 2. The number of allylic oxidation sites excluding steroid dienone is 2. The summed E-state index contributed by atoms with van der Waals surface area (Å²) in [6, 6.07) is -0.601. The van der Waals surface area contributed by atoms with E-state index in [0.29, 0.717) is 6.42 Å². The van der Waals surface area contributed by atoms with E-state index >= 15 is 0 Å². The summed E-state index contributed by atoms with van der Waals surface area (Å²) < 4.78 is 32.3. The van der Waals surface area contributed by atoms with Gasteiger partial charge in [-0.3, -0.25) is 9.05 Å². The molecule has 26 heavy (non-hydrogen) atoms. The molecule has 0 bridgehead atoms. The van der Waals surface area contributed by atoms with Crippen molar-refractivity contribution < 1.29 is 28.0 Å². The molecule has 2 unspecified atom stereocenters. The highest BCUT2D eigenvalue weighted by Gasteiger charge is 2.45. The molecule has 0 aromatic rings. The largest absolute Gasteiger partial charge is 0.472 e. The van der Waals surface area contributed by atoms with Gasteiger partial charge in [-0.15, -0.1) is 0 Å². The van der Waals surface area contributed by atoms with E-state index in [1.807, 2.05) is 13.0 Å². The first-order chi connectivity index (χ1) is 12.3. The van der Waals surface area contributed by atoms with E-state index in [-0.39, 0.29) is 12.5 Å². The predicted octanol–water partition coefficient (Wildman–Crippen LogP) is 2.33. The van der Waals surface area contributed by atoms with Crippen LogP contribution in [0.2, 0.25) is 0 Å². The highest BCUT2D eigenvalue weighted by atomic mass is 32.1. The van der Waals surface area contributed by atoms with Gasteiger partial charge in [0.25, 0.3) is 0 Å². The van der Waals surface area contributed by atoms with Gasteiger partial charge >= 0.3 is 7.82 Å². The number of ether oxygens (including phenoxy) is 2. The van der Waals surface area contributed by atoms with Gasteiger partial charge in [0.1, 0.15) is 20.1 Å². The number of hydrogen-bond acceptors (Lipinski definition) is 6. The molecular weight excluding hydrogens is 376 g/mol. The molecule has 1 aliphatic rings. The lowest BCUT2D eigenvalue weighted by molar-refractivity contribution is -0.0192. The molecule has 0 aromatic carbocycles. The summed E-state index contributed by atoms with van der Waals surface area (Å²) in [6.45, 7) is 2.96. The SMILES string of the molecule is [B][C@@H]1O[C@H](COC)C(OP(=O)(O)OC)[C@@H]1C/C=C/CCCCNC(C)=S. The minimum atomic E-state index is -4.15. The number of phosphoric ester groups is 1. The fraction of sp³-hybridized carbons (Fsp3) is 0.812. The third kappa shape index (κ3) is 8.61. The van der Waals surface area contributed by atoms with Crippen LogP contribution in [0.25, 0.3) is 0 Å². The lowest BCUT2D eigenvalue weighted by Crippen LogP contribution is -2.32. The molecule has 5 atom stereocenters. The van der Waals surface area contributed by atoms with Crippen LogP contribution in [0.1, 0.15) is 32.6 Å². The van der Waals surface area contributed by atoms with Crippen molar-refractivity contribution in [3.05, 3.63) is 12.2 Å². The van der Waals surface area contributed by atoms with Crippen LogP contribution in [-0.2, 0) is 23.1 Å². The van der Waals surface area contributed by atoms with Gasteiger partial charge in [-0.1, -0.05) is 24.4 Å². The number of unbranched alkanes of at least 4 members (excludes halogenated alkanes) is 2. The molecule has 10 heteroatoms. The third-order valence-corrected chi connectivity index (χ3v) is 5.22. The third-order valence-electron chi connectivity index (χ3n) is 4.11. The fourth-order valence-corrected chi connectivity index (χ4v) is 3.56. The second kappa shape index (κ2) is 12.2. The Hall–Kier alpha value is -0.275. The second-order valence-corrected chi connectivity index (χ2v) is 8.29. The zero-order valence-electron chi connectivity index (χ0n) is 15.6. The van der Waals surface area contributed by atoms with E-state index in [9.17, 15) is 9.46 Å². The molecule has 0 aromatic heterocycles. The second-order valence-electron chi connectivity index (χ2n) is 6.17. The van der Waals surface area contributed by atoms with Gasteiger partial charge in [0, 0.05) is 32.7 Å². The van der Waals surface area contributed by atoms with E-state index in [1.165, 1.54) is 7.11 Å². The van der Waals surface area contributed by atoms with Crippen molar-refractivity contribution >= 4 is 32.9 Å². The van der Waals surface area contributed by atoms with Gasteiger partial charge < -0.3 is 19.7 Å². The maximum Gasteiger partial charge on any atom is 0.472 e. The summed E-state index contributed by atoms with van der Waals surface area (Å²) in [5.74, 6) is -0.263. The molecular formula is C16H29BNO6PS. The Labute approximate surface area is 162 Å². The van der Waals surface area contributed by atoms with Gasteiger partial charge in [0.05, 0.1) is 11.6 Å². The summed E-state index contributed by atoms with van der Waals surface area (Å²) in [5.41, 5.74) is 0. The molecule has 1 aliphatic heterocycles. The standard InChI is InChI=1S/C16H29BNO6PS/c1-12(26)18-10-8-6-4-5-7-9-13-15(24-25(19,20)22-3)14(11-21-2)23-16(13)17/h5,7,13-16H,4,6,8-11H2,1-3H3,(H,18,26)(H,19,20)/b7-5+/t13-,14+,15?,16+/m0/s1. The summed E-state index contributed by atoms with van der Waals surface area (Å²) in [6.07, 6.45) is 6.47. The number of phosphoric acid groups is 1. The molecule has 0 saturated carbocycles. The fourth-order valence-electron chi connectivity index (χ4n) is 2.78. The molecule has 0 amide bonds. The maximum atomic E-state index is 11.8. The molecule has 2 N–H and O–H groups in total. The van der Waals surface area contributed by atoms with Crippen molar-refractivity contribution in [2.75, 3.05) is 27.4 Å². The summed E-state index contributed by atoms with van der Waals surface area (Å²) >= 11 is 4.96. The molecule has 0 aliphatic carbocycles. The van der Waals surface area contributed by atoms with Gasteiger partial charge in [-0.2, -0.15) is 0 Å². The zero-order chi connectivity index (χ0) is 19.6. The molecule has 0 spiro atoms. The molecule has 1 heterocycles. The molecule has 1 saturated heterocycles.